The lowest BCUT2D eigenvalue weighted by atomic mass is 10.1. The second-order valence-corrected chi connectivity index (χ2v) is 10.4. The molecule has 166 valence electrons. The first-order chi connectivity index (χ1) is 14.6. The predicted octanol–water partition coefficient (Wildman–Crippen LogP) is 2.86. The number of anilines is 2. The zero-order valence-corrected chi connectivity index (χ0v) is 18.7. The minimum Gasteiger partial charge on any atom is -0.484 e. The third-order valence-corrected chi connectivity index (χ3v) is 7.49. The Balaban J connectivity index is 1.55. The summed E-state index contributed by atoms with van der Waals surface area (Å²) >= 11 is 0. The van der Waals surface area contributed by atoms with Gasteiger partial charge in [-0.25, -0.2) is 12.8 Å². The topological polar surface area (TPSA) is 70.2 Å². The minimum absolute atomic E-state index is 0.135. The van der Waals surface area contributed by atoms with E-state index >= 15 is 0 Å². The predicted molar refractivity (Wildman–Crippen MR) is 117 cm³/mol. The van der Waals surface area contributed by atoms with Gasteiger partial charge in [0.05, 0.1) is 17.1 Å². The number of rotatable bonds is 3. The smallest absolute Gasteiger partial charge is 0.243 e. The number of amides is 1. The number of piperazine rings is 1. The standard InChI is InChI=1S/C22H26FN3O4S/c1-16(27)26-15-22(2,3)30-21-9-8-19(14-20(21)26)31(28,29)25-12-10-24(11-13-25)18-6-4-17(23)5-7-18/h4-9,14H,10-13,15H2,1-3H3. The number of sulfonamides is 1. The summed E-state index contributed by atoms with van der Waals surface area (Å²) in [5, 5.41) is 0. The maximum absolute atomic E-state index is 13.3. The summed E-state index contributed by atoms with van der Waals surface area (Å²) < 4.78 is 47.1. The summed E-state index contributed by atoms with van der Waals surface area (Å²) in [5.74, 6) is 0.0240. The van der Waals surface area contributed by atoms with E-state index in [1.54, 1.807) is 23.1 Å². The van der Waals surface area contributed by atoms with Crippen molar-refractivity contribution >= 4 is 27.3 Å². The van der Waals surface area contributed by atoms with Crippen LogP contribution in [-0.2, 0) is 14.8 Å². The lowest BCUT2D eigenvalue weighted by Gasteiger charge is -2.39. The number of carbonyl (C=O) groups excluding carboxylic acids is 1. The Morgan fingerprint density at radius 2 is 1.68 bits per heavy atom. The summed E-state index contributed by atoms with van der Waals surface area (Å²) in [7, 11) is -3.73. The van der Waals surface area contributed by atoms with Crippen LogP contribution in [0.4, 0.5) is 15.8 Å². The Labute approximate surface area is 182 Å². The molecule has 0 aliphatic carbocycles. The Morgan fingerprint density at radius 3 is 2.29 bits per heavy atom. The third-order valence-electron chi connectivity index (χ3n) is 5.59. The average Bonchev–Trinajstić information content (AvgIpc) is 2.72. The Bertz CT molecular complexity index is 1090. The molecule has 1 amide bonds. The highest BCUT2D eigenvalue weighted by molar-refractivity contribution is 7.89. The van der Waals surface area contributed by atoms with E-state index in [1.165, 1.54) is 35.5 Å². The second-order valence-electron chi connectivity index (χ2n) is 8.46. The molecule has 4 rings (SSSR count). The van der Waals surface area contributed by atoms with Crippen LogP contribution in [-0.4, -0.2) is 57.0 Å². The van der Waals surface area contributed by atoms with Gasteiger partial charge in [0.15, 0.2) is 0 Å². The molecule has 0 atom stereocenters. The molecule has 2 aliphatic heterocycles. The second kappa shape index (κ2) is 7.80. The fourth-order valence-electron chi connectivity index (χ4n) is 4.02. The van der Waals surface area contributed by atoms with Crippen molar-refractivity contribution in [2.45, 2.75) is 31.3 Å². The first-order valence-corrected chi connectivity index (χ1v) is 11.6. The largest absolute Gasteiger partial charge is 0.484 e. The highest BCUT2D eigenvalue weighted by Gasteiger charge is 2.36. The van der Waals surface area contributed by atoms with Crippen molar-refractivity contribution in [2.75, 3.05) is 42.5 Å². The lowest BCUT2D eigenvalue weighted by Crippen LogP contribution is -2.49. The average molecular weight is 448 g/mol. The monoisotopic (exact) mass is 447 g/mol. The Hall–Kier alpha value is -2.65. The third kappa shape index (κ3) is 4.24. The maximum atomic E-state index is 13.3. The molecule has 2 heterocycles. The maximum Gasteiger partial charge on any atom is 0.243 e. The normalized spacial score (nSPS) is 19.0. The van der Waals surface area contributed by atoms with Crippen LogP contribution in [0.25, 0.3) is 0 Å². The summed E-state index contributed by atoms with van der Waals surface area (Å²) in [5.41, 5.74) is 0.775. The number of hydrogen-bond acceptors (Lipinski definition) is 5. The molecular formula is C22H26FN3O4S. The van der Waals surface area contributed by atoms with Gasteiger partial charge < -0.3 is 14.5 Å². The van der Waals surface area contributed by atoms with Crippen LogP contribution >= 0.6 is 0 Å². The van der Waals surface area contributed by atoms with Crippen molar-refractivity contribution < 1.29 is 22.3 Å². The number of nitrogens with zero attached hydrogens (tertiary/aromatic N) is 3. The molecule has 2 aromatic carbocycles. The highest BCUT2D eigenvalue weighted by Crippen LogP contribution is 2.39. The van der Waals surface area contributed by atoms with Gasteiger partial charge in [-0.3, -0.25) is 4.79 Å². The van der Waals surface area contributed by atoms with Gasteiger partial charge in [-0.05, 0) is 56.3 Å². The van der Waals surface area contributed by atoms with E-state index < -0.39 is 15.6 Å². The van der Waals surface area contributed by atoms with Gasteiger partial charge in [0.2, 0.25) is 15.9 Å². The van der Waals surface area contributed by atoms with Crippen molar-refractivity contribution in [3.63, 3.8) is 0 Å². The van der Waals surface area contributed by atoms with Crippen LogP contribution in [0.2, 0.25) is 0 Å². The van der Waals surface area contributed by atoms with Crippen LogP contribution in [0.3, 0.4) is 0 Å². The lowest BCUT2D eigenvalue weighted by molar-refractivity contribution is -0.117. The summed E-state index contributed by atoms with van der Waals surface area (Å²) in [6.45, 7) is 7.22. The first-order valence-electron chi connectivity index (χ1n) is 10.2. The van der Waals surface area contributed by atoms with E-state index in [0.29, 0.717) is 44.2 Å². The zero-order chi connectivity index (χ0) is 22.4. The van der Waals surface area contributed by atoms with Gasteiger partial charge >= 0.3 is 0 Å². The van der Waals surface area contributed by atoms with Gasteiger partial charge in [-0.2, -0.15) is 4.31 Å². The fourth-order valence-corrected chi connectivity index (χ4v) is 5.46. The highest BCUT2D eigenvalue weighted by atomic mass is 32.2. The first kappa shape index (κ1) is 21.6. The zero-order valence-electron chi connectivity index (χ0n) is 17.8. The molecular weight excluding hydrogens is 421 g/mol. The van der Waals surface area contributed by atoms with Crippen molar-refractivity contribution in [3.8, 4) is 5.75 Å². The Morgan fingerprint density at radius 1 is 1.03 bits per heavy atom. The molecule has 0 aromatic heterocycles. The van der Waals surface area contributed by atoms with Crippen LogP contribution in [0.15, 0.2) is 47.4 Å². The van der Waals surface area contributed by atoms with E-state index in [-0.39, 0.29) is 16.6 Å². The van der Waals surface area contributed by atoms with E-state index in [9.17, 15) is 17.6 Å². The molecule has 0 radical (unpaired) electrons. The molecule has 0 unspecified atom stereocenters. The minimum atomic E-state index is -3.73. The quantitative estimate of drug-likeness (QED) is 0.724. The number of ether oxygens (including phenoxy) is 1. The molecule has 9 heteroatoms. The van der Waals surface area contributed by atoms with Crippen LogP contribution in [0.1, 0.15) is 20.8 Å². The number of carbonyl (C=O) groups is 1. The van der Waals surface area contributed by atoms with Crippen LogP contribution in [0, 0.1) is 5.82 Å². The van der Waals surface area contributed by atoms with E-state index in [0.717, 1.165) is 5.69 Å². The van der Waals surface area contributed by atoms with Crippen molar-refractivity contribution in [1.82, 2.24) is 4.31 Å². The van der Waals surface area contributed by atoms with E-state index in [2.05, 4.69) is 0 Å². The van der Waals surface area contributed by atoms with Crippen LogP contribution < -0.4 is 14.5 Å². The Kier molecular flexibility index (Phi) is 5.43. The molecule has 0 spiro atoms. The van der Waals surface area contributed by atoms with Gasteiger partial charge in [0, 0.05) is 38.8 Å². The molecule has 0 bridgehead atoms. The fraction of sp³-hybridized carbons (Fsp3) is 0.409. The molecule has 1 saturated heterocycles. The summed E-state index contributed by atoms with van der Waals surface area (Å²) in [6.07, 6.45) is 0. The van der Waals surface area contributed by atoms with Gasteiger partial charge in [0.1, 0.15) is 17.2 Å². The number of halogens is 1. The van der Waals surface area contributed by atoms with Crippen molar-refractivity contribution in [3.05, 3.63) is 48.3 Å². The van der Waals surface area contributed by atoms with Crippen molar-refractivity contribution in [1.29, 1.82) is 0 Å². The van der Waals surface area contributed by atoms with Crippen molar-refractivity contribution in [2.24, 2.45) is 0 Å². The molecule has 7 nitrogen and oxygen atoms in total. The van der Waals surface area contributed by atoms with Crippen LogP contribution in [0.5, 0.6) is 5.75 Å². The SMILES string of the molecule is CC(=O)N1CC(C)(C)Oc2ccc(S(=O)(=O)N3CCN(c4ccc(F)cc4)CC3)cc21. The van der Waals surface area contributed by atoms with E-state index in [4.69, 9.17) is 4.74 Å². The van der Waals surface area contributed by atoms with Gasteiger partial charge in [0.25, 0.3) is 0 Å². The number of fused-ring (bicyclic) bond motifs is 1. The molecule has 0 N–H and O–H groups in total. The molecule has 0 saturated carbocycles. The molecule has 31 heavy (non-hydrogen) atoms. The molecule has 1 fully saturated rings. The molecule has 2 aliphatic rings. The van der Waals surface area contributed by atoms with Gasteiger partial charge in [-0.15, -0.1) is 0 Å². The summed E-state index contributed by atoms with van der Waals surface area (Å²) in [6, 6.07) is 10.9. The van der Waals surface area contributed by atoms with E-state index in [1.807, 2.05) is 18.7 Å². The van der Waals surface area contributed by atoms with Gasteiger partial charge in [-0.1, -0.05) is 0 Å². The molecule has 2 aromatic rings. The summed E-state index contributed by atoms with van der Waals surface area (Å²) in [4.78, 5) is 15.9. The number of hydrogen-bond donors (Lipinski definition) is 0. The number of benzene rings is 2.